The lowest BCUT2D eigenvalue weighted by atomic mass is 9.98. The van der Waals surface area contributed by atoms with Crippen LogP contribution in [0.1, 0.15) is 33.6 Å². The highest BCUT2D eigenvalue weighted by Gasteiger charge is 2.09. The predicted molar refractivity (Wildman–Crippen MR) is 49.6 cm³/mol. The smallest absolute Gasteiger partial charge is 0.0140 e. The average molecular weight is 153 g/mol. The first-order valence-corrected chi connectivity index (χ1v) is 4.62. The Kier molecular flexibility index (Phi) is 3.13. The van der Waals surface area contributed by atoms with E-state index in [0.717, 1.165) is 12.5 Å². The largest absolute Gasteiger partial charge is 0.311 e. The molecule has 1 unspecified atom stereocenters. The van der Waals surface area contributed by atoms with Crippen molar-refractivity contribution in [2.75, 3.05) is 6.54 Å². The zero-order valence-corrected chi connectivity index (χ0v) is 7.85. The van der Waals surface area contributed by atoms with Crippen LogP contribution >= 0.6 is 0 Å². The minimum atomic E-state index is 0.697. The molecule has 1 aliphatic heterocycles. The monoisotopic (exact) mass is 153 g/mol. The van der Waals surface area contributed by atoms with Crippen molar-refractivity contribution < 1.29 is 0 Å². The van der Waals surface area contributed by atoms with Gasteiger partial charge in [0, 0.05) is 12.6 Å². The molecule has 0 spiro atoms. The third-order valence-corrected chi connectivity index (χ3v) is 2.44. The molecule has 1 nitrogen and oxygen atoms in total. The Balaban J connectivity index is 2.48. The number of rotatable bonds is 1. The first-order valence-electron chi connectivity index (χ1n) is 4.62. The zero-order valence-electron chi connectivity index (χ0n) is 7.85. The second-order valence-corrected chi connectivity index (χ2v) is 3.78. The molecule has 0 aromatic carbocycles. The van der Waals surface area contributed by atoms with Crippen LogP contribution in [0.5, 0.6) is 0 Å². The van der Waals surface area contributed by atoms with Gasteiger partial charge in [0.1, 0.15) is 0 Å². The molecule has 0 fully saturated rings. The maximum atomic E-state index is 3.45. The van der Waals surface area contributed by atoms with Gasteiger partial charge in [-0.1, -0.05) is 25.5 Å². The first-order chi connectivity index (χ1) is 5.20. The summed E-state index contributed by atoms with van der Waals surface area (Å²) in [5.41, 5.74) is 1.63. The van der Waals surface area contributed by atoms with Crippen LogP contribution in [0.25, 0.3) is 0 Å². The van der Waals surface area contributed by atoms with E-state index in [1.807, 2.05) is 0 Å². The van der Waals surface area contributed by atoms with Gasteiger partial charge < -0.3 is 5.32 Å². The van der Waals surface area contributed by atoms with E-state index in [9.17, 15) is 0 Å². The van der Waals surface area contributed by atoms with E-state index in [4.69, 9.17) is 0 Å². The Morgan fingerprint density at radius 2 is 2.27 bits per heavy atom. The minimum absolute atomic E-state index is 0.697. The Hall–Kier alpha value is -0.300. The number of hydrogen-bond acceptors (Lipinski definition) is 1. The third kappa shape index (κ3) is 2.66. The molecule has 0 aromatic rings. The van der Waals surface area contributed by atoms with Crippen LogP contribution in [0.4, 0.5) is 0 Å². The predicted octanol–water partition coefficient (Wildman–Crippen LogP) is 2.34. The van der Waals surface area contributed by atoms with Crippen LogP contribution in [-0.4, -0.2) is 12.6 Å². The summed E-state index contributed by atoms with van der Waals surface area (Å²) in [5.74, 6) is 0.738. The fourth-order valence-corrected chi connectivity index (χ4v) is 1.50. The van der Waals surface area contributed by atoms with Crippen molar-refractivity contribution in [1.82, 2.24) is 5.32 Å². The van der Waals surface area contributed by atoms with Crippen molar-refractivity contribution in [2.24, 2.45) is 5.92 Å². The van der Waals surface area contributed by atoms with Crippen LogP contribution in [0.3, 0.4) is 0 Å². The molecule has 0 amide bonds. The van der Waals surface area contributed by atoms with E-state index >= 15 is 0 Å². The molecule has 0 saturated heterocycles. The molecule has 11 heavy (non-hydrogen) atoms. The lowest BCUT2D eigenvalue weighted by Gasteiger charge is -2.10. The van der Waals surface area contributed by atoms with E-state index in [1.54, 1.807) is 5.57 Å². The highest BCUT2D eigenvalue weighted by Crippen LogP contribution is 2.18. The quantitative estimate of drug-likeness (QED) is 0.570. The van der Waals surface area contributed by atoms with E-state index in [-0.39, 0.29) is 0 Å². The summed E-state index contributed by atoms with van der Waals surface area (Å²) in [7, 11) is 0. The summed E-state index contributed by atoms with van der Waals surface area (Å²) in [6.07, 6.45) is 4.93. The Morgan fingerprint density at radius 3 is 2.91 bits per heavy atom. The Bertz CT molecular complexity index is 147. The summed E-state index contributed by atoms with van der Waals surface area (Å²) < 4.78 is 0. The second-order valence-electron chi connectivity index (χ2n) is 3.78. The molecule has 1 atom stereocenters. The zero-order chi connectivity index (χ0) is 8.27. The van der Waals surface area contributed by atoms with Crippen LogP contribution in [0, 0.1) is 5.92 Å². The fraction of sp³-hybridized carbons (Fsp3) is 0.800. The molecule has 1 aliphatic rings. The van der Waals surface area contributed by atoms with E-state index in [2.05, 4.69) is 32.2 Å². The van der Waals surface area contributed by atoms with Crippen molar-refractivity contribution in [3.63, 3.8) is 0 Å². The Labute approximate surface area is 69.9 Å². The summed E-state index contributed by atoms with van der Waals surface area (Å²) in [6, 6.07) is 0.697. The summed E-state index contributed by atoms with van der Waals surface area (Å²) >= 11 is 0. The normalized spacial score (nSPS) is 26.5. The SMILES string of the molecule is CC1CCC(C(C)C)=CCN1. The fourth-order valence-electron chi connectivity index (χ4n) is 1.50. The summed E-state index contributed by atoms with van der Waals surface area (Å²) in [6.45, 7) is 7.88. The minimum Gasteiger partial charge on any atom is -0.311 e. The molecule has 1 heteroatoms. The highest BCUT2D eigenvalue weighted by atomic mass is 14.9. The molecule has 1 rings (SSSR count). The lowest BCUT2D eigenvalue weighted by Crippen LogP contribution is -2.24. The van der Waals surface area contributed by atoms with Crippen molar-refractivity contribution >= 4 is 0 Å². The van der Waals surface area contributed by atoms with Crippen LogP contribution in [0.2, 0.25) is 0 Å². The van der Waals surface area contributed by atoms with Crippen LogP contribution < -0.4 is 5.32 Å². The summed E-state index contributed by atoms with van der Waals surface area (Å²) in [5, 5.41) is 3.45. The molecule has 0 radical (unpaired) electrons. The van der Waals surface area contributed by atoms with Crippen molar-refractivity contribution in [3.8, 4) is 0 Å². The molecule has 64 valence electrons. The van der Waals surface area contributed by atoms with Crippen LogP contribution in [-0.2, 0) is 0 Å². The molecule has 0 aliphatic carbocycles. The Morgan fingerprint density at radius 1 is 1.55 bits per heavy atom. The van der Waals surface area contributed by atoms with Crippen molar-refractivity contribution in [2.45, 2.75) is 39.7 Å². The second kappa shape index (κ2) is 3.91. The van der Waals surface area contributed by atoms with E-state index in [0.29, 0.717) is 6.04 Å². The number of hydrogen-bond donors (Lipinski definition) is 1. The maximum absolute atomic E-state index is 3.45. The van der Waals surface area contributed by atoms with Crippen molar-refractivity contribution in [1.29, 1.82) is 0 Å². The molecule has 1 N–H and O–H groups in total. The number of allylic oxidation sites excluding steroid dienone is 1. The third-order valence-electron chi connectivity index (χ3n) is 2.44. The maximum Gasteiger partial charge on any atom is 0.0140 e. The van der Waals surface area contributed by atoms with Gasteiger partial charge in [-0.05, 0) is 25.7 Å². The number of nitrogens with one attached hydrogen (secondary N) is 1. The van der Waals surface area contributed by atoms with Gasteiger partial charge in [0.2, 0.25) is 0 Å². The van der Waals surface area contributed by atoms with Gasteiger partial charge in [0.25, 0.3) is 0 Å². The molecular formula is C10H19N. The summed E-state index contributed by atoms with van der Waals surface area (Å²) in [4.78, 5) is 0. The molecular weight excluding hydrogens is 134 g/mol. The molecule has 0 aromatic heterocycles. The topological polar surface area (TPSA) is 12.0 Å². The van der Waals surface area contributed by atoms with Crippen molar-refractivity contribution in [3.05, 3.63) is 11.6 Å². The molecule has 1 heterocycles. The van der Waals surface area contributed by atoms with E-state index < -0.39 is 0 Å². The van der Waals surface area contributed by atoms with Gasteiger partial charge in [-0.15, -0.1) is 0 Å². The van der Waals surface area contributed by atoms with Gasteiger partial charge >= 0.3 is 0 Å². The van der Waals surface area contributed by atoms with Crippen LogP contribution in [0.15, 0.2) is 11.6 Å². The van der Waals surface area contributed by atoms with Gasteiger partial charge in [0.05, 0.1) is 0 Å². The van der Waals surface area contributed by atoms with Gasteiger partial charge in [0.15, 0.2) is 0 Å². The van der Waals surface area contributed by atoms with Gasteiger partial charge in [-0.2, -0.15) is 0 Å². The van der Waals surface area contributed by atoms with E-state index in [1.165, 1.54) is 12.8 Å². The molecule has 0 bridgehead atoms. The molecule has 0 saturated carbocycles. The van der Waals surface area contributed by atoms with Gasteiger partial charge in [-0.25, -0.2) is 0 Å². The standard InChI is InChI=1S/C10H19N/c1-8(2)10-5-4-9(3)11-7-6-10/h6,8-9,11H,4-5,7H2,1-3H3. The first kappa shape index (κ1) is 8.79. The van der Waals surface area contributed by atoms with Gasteiger partial charge in [-0.3, -0.25) is 0 Å². The highest BCUT2D eigenvalue weighted by molar-refractivity contribution is 5.08. The average Bonchev–Trinajstić information content (AvgIpc) is 2.13. The lowest BCUT2D eigenvalue weighted by molar-refractivity contribution is 0.549.